The van der Waals surface area contributed by atoms with Gasteiger partial charge in [0.2, 0.25) is 0 Å². The first kappa shape index (κ1) is 18.4. The summed E-state index contributed by atoms with van der Waals surface area (Å²) in [4.78, 5) is 19.8. The molecule has 0 aliphatic carbocycles. The second-order valence-corrected chi connectivity index (χ2v) is 8.64. The summed E-state index contributed by atoms with van der Waals surface area (Å²) in [6.45, 7) is 9.82. The van der Waals surface area contributed by atoms with Gasteiger partial charge in [-0.25, -0.2) is 0 Å². The molecule has 4 nitrogen and oxygen atoms in total. The molecular formula is C19H25N3OS2. The van der Waals surface area contributed by atoms with Gasteiger partial charge < -0.3 is 4.90 Å². The zero-order chi connectivity index (χ0) is 17.8. The maximum Gasteiger partial charge on any atom is 0.267 e. The molecule has 2 saturated heterocycles. The molecule has 0 N–H and O–H groups in total. The predicted octanol–water partition coefficient (Wildman–Crippen LogP) is 3.16. The average molecular weight is 376 g/mol. The maximum atomic E-state index is 12.5. The molecule has 0 atom stereocenters. The zero-order valence-corrected chi connectivity index (χ0v) is 16.5. The van der Waals surface area contributed by atoms with Gasteiger partial charge in [0.25, 0.3) is 5.91 Å². The molecule has 3 rings (SSSR count). The van der Waals surface area contributed by atoms with E-state index < -0.39 is 0 Å². The van der Waals surface area contributed by atoms with Crippen molar-refractivity contribution in [2.75, 3.05) is 32.7 Å². The van der Waals surface area contributed by atoms with E-state index in [-0.39, 0.29) is 5.91 Å². The first-order valence-electron chi connectivity index (χ1n) is 8.79. The van der Waals surface area contributed by atoms with Crippen LogP contribution in [-0.4, -0.2) is 57.7 Å². The Hall–Kier alpha value is -1.37. The van der Waals surface area contributed by atoms with Gasteiger partial charge in [-0.15, -0.1) is 0 Å². The Bertz CT molecular complexity index is 652. The molecule has 134 valence electrons. The Kier molecular flexibility index (Phi) is 6.15. The van der Waals surface area contributed by atoms with Crippen molar-refractivity contribution in [3.05, 3.63) is 47.0 Å². The maximum absolute atomic E-state index is 12.5. The first-order chi connectivity index (χ1) is 12.0. The minimum atomic E-state index is 0.0652. The smallest absolute Gasteiger partial charge is 0.267 e. The summed E-state index contributed by atoms with van der Waals surface area (Å²) in [7, 11) is 0. The van der Waals surface area contributed by atoms with Crippen LogP contribution in [0, 0.1) is 5.92 Å². The molecule has 2 aliphatic rings. The van der Waals surface area contributed by atoms with Gasteiger partial charge >= 0.3 is 0 Å². The quantitative estimate of drug-likeness (QED) is 0.582. The largest absolute Gasteiger partial charge is 0.374 e. The van der Waals surface area contributed by atoms with E-state index in [2.05, 4.69) is 54.0 Å². The van der Waals surface area contributed by atoms with Crippen molar-refractivity contribution >= 4 is 34.2 Å². The fourth-order valence-electron chi connectivity index (χ4n) is 3.07. The predicted molar refractivity (Wildman–Crippen MR) is 108 cm³/mol. The average Bonchev–Trinajstić information content (AvgIpc) is 2.85. The first-order valence-corrected chi connectivity index (χ1v) is 10.0. The van der Waals surface area contributed by atoms with Gasteiger partial charge in [-0.1, -0.05) is 68.2 Å². The van der Waals surface area contributed by atoms with Crippen molar-refractivity contribution in [3.8, 4) is 0 Å². The summed E-state index contributed by atoms with van der Waals surface area (Å²) in [6, 6.07) is 10.6. The highest BCUT2D eigenvalue weighted by Crippen LogP contribution is 2.32. The van der Waals surface area contributed by atoms with E-state index in [1.807, 2.05) is 6.20 Å². The highest BCUT2D eigenvalue weighted by molar-refractivity contribution is 8.26. The minimum absolute atomic E-state index is 0.0652. The van der Waals surface area contributed by atoms with Crippen molar-refractivity contribution in [2.24, 2.45) is 5.92 Å². The summed E-state index contributed by atoms with van der Waals surface area (Å²) in [5.41, 5.74) is 1.35. The molecule has 2 aliphatic heterocycles. The van der Waals surface area contributed by atoms with E-state index >= 15 is 0 Å². The summed E-state index contributed by atoms with van der Waals surface area (Å²) >= 11 is 6.81. The second kappa shape index (κ2) is 8.34. The molecule has 6 heteroatoms. The number of carbonyl (C=O) groups is 1. The van der Waals surface area contributed by atoms with E-state index in [1.165, 1.54) is 17.3 Å². The fourth-order valence-corrected chi connectivity index (χ4v) is 4.35. The SMILES string of the molecule is CC(C)CN1C(=O)C(=CN2CCN(Cc3ccccc3)CC2)SC1=S. The van der Waals surface area contributed by atoms with Crippen LogP contribution < -0.4 is 0 Å². The monoisotopic (exact) mass is 375 g/mol. The van der Waals surface area contributed by atoms with Crippen LogP contribution >= 0.6 is 24.0 Å². The Morgan fingerprint density at radius 3 is 2.48 bits per heavy atom. The molecule has 0 radical (unpaired) electrons. The summed E-state index contributed by atoms with van der Waals surface area (Å²) < 4.78 is 0.688. The Morgan fingerprint density at radius 2 is 1.84 bits per heavy atom. The van der Waals surface area contributed by atoms with Crippen molar-refractivity contribution < 1.29 is 4.79 Å². The van der Waals surface area contributed by atoms with Crippen molar-refractivity contribution in [3.63, 3.8) is 0 Å². The lowest BCUT2D eigenvalue weighted by Crippen LogP contribution is -2.43. The molecule has 2 heterocycles. The van der Waals surface area contributed by atoms with E-state index in [1.54, 1.807) is 4.90 Å². The number of amides is 1. The van der Waals surface area contributed by atoms with Crippen molar-refractivity contribution in [1.82, 2.24) is 14.7 Å². The summed E-state index contributed by atoms with van der Waals surface area (Å²) in [5.74, 6) is 0.485. The van der Waals surface area contributed by atoms with E-state index in [0.717, 1.165) is 37.6 Å². The highest BCUT2D eigenvalue weighted by Gasteiger charge is 2.33. The normalized spacial score (nSPS) is 21.0. The van der Waals surface area contributed by atoms with Crippen LogP contribution in [0.3, 0.4) is 0 Å². The molecule has 1 aromatic rings. The van der Waals surface area contributed by atoms with Crippen LogP contribution in [-0.2, 0) is 11.3 Å². The molecule has 0 spiro atoms. The molecule has 25 heavy (non-hydrogen) atoms. The van der Waals surface area contributed by atoms with Crippen LogP contribution in [0.15, 0.2) is 41.4 Å². The van der Waals surface area contributed by atoms with Crippen LogP contribution in [0.4, 0.5) is 0 Å². The number of benzene rings is 1. The number of thiocarbonyl (C=S) groups is 1. The number of nitrogens with zero attached hydrogens (tertiary/aromatic N) is 3. The number of thioether (sulfide) groups is 1. The summed E-state index contributed by atoms with van der Waals surface area (Å²) in [5, 5.41) is 0. The van der Waals surface area contributed by atoms with Crippen LogP contribution in [0.25, 0.3) is 0 Å². The Balaban J connectivity index is 1.54. The van der Waals surface area contributed by atoms with Crippen LogP contribution in [0.2, 0.25) is 0 Å². The third kappa shape index (κ3) is 4.84. The standard InChI is InChI=1S/C19H25N3OS2/c1-15(2)12-22-18(23)17(25-19(22)24)14-21-10-8-20(9-11-21)13-16-6-4-3-5-7-16/h3-7,14-15H,8-13H2,1-2H3. The minimum Gasteiger partial charge on any atom is -0.374 e. The number of hydrogen-bond acceptors (Lipinski definition) is 5. The lowest BCUT2D eigenvalue weighted by atomic mass is 10.2. The molecule has 0 saturated carbocycles. The van der Waals surface area contributed by atoms with Crippen molar-refractivity contribution in [1.29, 1.82) is 0 Å². The van der Waals surface area contributed by atoms with E-state index in [9.17, 15) is 4.79 Å². The van der Waals surface area contributed by atoms with E-state index in [4.69, 9.17) is 12.2 Å². The lowest BCUT2D eigenvalue weighted by molar-refractivity contribution is -0.122. The molecule has 1 amide bonds. The van der Waals surface area contributed by atoms with Gasteiger partial charge in [0, 0.05) is 45.5 Å². The third-order valence-corrected chi connectivity index (χ3v) is 5.74. The molecule has 2 fully saturated rings. The highest BCUT2D eigenvalue weighted by atomic mass is 32.2. The van der Waals surface area contributed by atoms with Gasteiger partial charge in [-0.05, 0) is 11.5 Å². The topological polar surface area (TPSA) is 26.8 Å². The Morgan fingerprint density at radius 1 is 1.16 bits per heavy atom. The third-order valence-electron chi connectivity index (χ3n) is 4.38. The van der Waals surface area contributed by atoms with E-state index in [0.29, 0.717) is 16.8 Å². The summed E-state index contributed by atoms with van der Waals surface area (Å²) in [6.07, 6.45) is 2.01. The van der Waals surface area contributed by atoms with Crippen LogP contribution in [0.5, 0.6) is 0 Å². The van der Waals surface area contributed by atoms with Crippen molar-refractivity contribution in [2.45, 2.75) is 20.4 Å². The van der Waals surface area contributed by atoms with Gasteiger partial charge in [0.05, 0.1) is 4.91 Å². The second-order valence-electron chi connectivity index (χ2n) is 6.97. The van der Waals surface area contributed by atoms with Crippen LogP contribution in [0.1, 0.15) is 19.4 Å². The number of hydrogen-bond donors (Lipinski definition) is 0. The van der Waals surface area contributed by atoms with Gasteiger partial charge in [0.1, 0.15) is 4.32 Å². The lowest BCUT2D eigenvalue weighted by Gasteiger charge is -2.34. The van der Waals surface area contributed by atoms with Gasteiger partial charge in [-0.2, -0.15) is 0 Å². The van der Waals surface area contributed by atoms with Gasteiger partial charge in [0.15, 0.2) is 0 Å². The molecule has 0 aromatic heterocycles. The molecule has 0 bridgehead atoms. The Labute approximate surface area is 159 Å². The zero-order valence-electron chi connectivity index (χ0n) is 14.9. The number of rotatable bonds is 5. The number of piperazine rings is 1. The molecule has 0 unspecified atom stereocenters. The number of carbonyl (C=O) groups excluding carboxylic acids is 1. The molecular weight excluding hydrogens is 350 g/mol. The van der Waals surface area contributed by atoms with Gasteiger partial charge in [-0.3, -0.25) is 14.6 Å². The fraction of sp³-hybridized carbons (Fsp3) is 0.474. The molecule has 1 aromatic carbocycles.